The van der Waals surface area contributed by atoms with Crippen molar-refractivity contribution in [3.63, 3.8) is 0 Å². The molecule has 1 amide bonds. The van der Waals surface area contributed by atoms with Crippen molar-refractivity contribution < 1.29 is 9.53 Å². The van der Waals surface area contributed by atoms with Gasteiger partial charge in [0.2, 0.25) is 0 Å². The Morgan fingerprint density at radius 2 is 2.00 bits per heavy atom. The van der Waals surface area contributed by atoms with Gasteiger partial charge in [-0.25, -0.2) is 4.98 Å². The van der Waals surface area contributed by atoms with Crippen LogP contribution in [-0.4, -0.2) is 72.4 Å². The summed E-state index contributed by atoms with van der Waals surface area (Å²) in [6.45, 7) is 4.03. The van der Waals surface area contributed by atoms with Crippen LogP contribution in [-0.2, 0) is 4.74 Å². The molecule has 0 unspecified atom stereocenters. The first kappa shape index (κ1) is 17.1. The molecule has 1 N–H and O–H groups in total. The number of hydrogen-bond donors (Lipinski definition) is 1. The third kappa shape index (κ3) is 4.42. The summed E-state index contributed by atoms with van der Waals surface area (Å²) in [5.74, 6) is 1.49. The number of carbonyl (C=O) groups is 1. The predicted octanol–water partition coefficient (Wildman–Crippen LogP) is 0.892. The van der Waals surface area contributed by atoms with Gasteiger partial charge in [-0.05, 0) is 24.3 Å². The molecule has 0 aromatic carbocycles. The van der Waals surface area contributed by atoms with E-state index in [2.05, 4.69) is 25.4 Å². The Balaban J connectivity index is 1.53. The molecule has 2 aromatic rings. The summed E-state index contributed by atoms with van der Waals surface area (Å²) in [5.41, 5.74) is 0.364. The van der Waals surface area contributed by atoms with Gasteiger partial charge in [-0.3, -0.25) is 4.79 Å². The Kier molecular flexibility index (Phi) is 5.73. The molecule has 25 heavy (non-hydrogen) atoms. The zero-order valence-electron chi connectivity index (χ0n) is 14.3. The van der Waals surface area contributed by atoms with Crippen molar-refractivity contribution in [3.8, 4) is 0 Å². The summed E-state index contributed by atoms with van der Waals surface area (Å²) in [5, 5.41) is 11.2. The molecular weight excluding hydrogens is 320 g/mol. The standard InChI is InChI=1S/C17H22N6O2/c1-25-13-8-18-15-6-5-14(20-21-15)17(24)23-11-9-22(10-12-23)16-4-2-3-7-19-16/h2-7H,8-13H2,1H3,(H,18,21). The average molecular weight is 342 g/mol. The predicted molar refractivity (Wildman–Crippen MR) is 94.8 cm³/mol. The minimum absolute atomic E-state index is 0.0865. The molecule has 8 nitrogen and oxygen atoms in total. The highest BCUT2D eigenvalue weighted by molar-refractivity contribution is 5.92. The summed E-state index contributed by atoms with van der Waals surface area (Å²) in [7, 11) is 1.64. The molecule has 1 aliphatic rings. The van der Waals surface area contributed by atoms with Crippen molar-refractivity contribution in [2.24, 2.45) is 0 Å². The zero-order valence-corrected chi connectivity index (χ0v) is 14.3. The largest absolute Gasteiger partial charge is 0.383 e. The van der Waals surface area contributed by atoms with Crippen LogP contribution in [0, 0.1) is 0 Å². The Hall–Kier alpha value is -2.74. The molecule has 1 saturated heterocycles. The normalized spacial score (nSPS) is 14.4. The highest BCUT2D eigenvalue weighted by Crippen LogP contribution is 2.14. The fourth-order valence-corrected chi connectivity index (χ4v) is 2.66. The van der Waals surface area contributed by atoms with Gasteiger partial charge in [-0.1, -0.05) is 6.07 Å². The molecule has 132 valence electrons. The Morgan fingerprint density at radius 3 is 2.64 bits per heavy atom. The Bertz CT molecular complexity index is 671. The maximum Gasteiger partial charge on any atom is 0.274 e. The molecule has 1 aliphatic heterocycles. The van der Waals surface area contributed by atoms with Gasteiger partial charge >= 0.3 is 0 Å². The lowest BCUT2D eigenvalue weighted by Gasteiger charge is -2.35. The number of aromatic nitrogens is 3. The summed E-state index contributed by atoms with van der Waals surface area (Å²) in [6.07, 6.45) is 1.78. The van der Waals surface area contributed by atoms with Crippen LogP contribution in [0.15, 0.2) is 36.5 Å². The van der Waals surface area contributed by atoms with E-state index in [0.717, 1.165) is 18.9 Å². The summed E-state index contributed by atoms with van der Waals surface area (Å²) in [4.78, 5) is 20.9. The first-order valence-corrected chi connectivity index (χ1v) is 8.30. The Labute approximate surface area is 146 Å². The number of nitrogens with zero attached hydrogens (tertiary/aromatic N) is 5. The van der Waals surface area contributed by atoms with Gasteiger partial charge in [0.15, 0.2) is 5.69 Å². The highest BCUT2D eigenvalue weighted by atomic mass is 16.5. The quantitative estimate of drug-likeness (QED) is 0.781. The molecule has 8 heteroatoms. The molecule has 0 saturated carbocycles. The van der Waals surface area contributed by atoms with E-state index in [4.69, 9.17) is 4.74 Å². The zero-order chi connectivity index (χ0) is 17.5. The molecule has 0 aliphatic carbocycles. The lowest BCUT2D eigenvalue weighted by atomic mass is 10.2. The van der Waals surface area contributed by atoms with E-state index in [-0.39, 0.29) is 5.91 Å². The fraction of sp³-hybridized carbons (Fsp3) is 0.412. The topological polar surface area (TPSA) is 83.5 Å². The second kappa shape index (κ2) is 8.39. The van der Waals surface area contributed by atoms with Crippen molar-refractivity contribution >= 4 is 17.5 Å². The van der Waals surface area contributed by atoms with Gasteiger partial charge in [-0.2, -0.15) is 0 Å². The second-order valence-electron chi connectivity index (χ2n) is 5.69. The SMILES string of the molecule is COCCNc1ccc(C(=O)N2CCN(c3ccccn3)CC2)nn1. The van der Waals surface area contributed by atoms with Crippen molar-refractivity contribution in [2.45, 2.75) is 0 Å². The molecule has 0 spiro atoms. The number of pyridine rings is 1. The van der Waals surface area contributed by atoms with Crippen molar-refractivity contribution in [1.29, 1.82) is 0 Å². The monoisotopic (exact) mass is 342 g/mol. The van der Waals surface area contributed by atoms with Gasteiger partial charge in [0, 0.05) is 46.0 Å². The van der Waals surface area contributed by atoms with Crippen LogP contribution in [0.1, 0.15) is 10.5 Å². The van der Waals surface area contributed by atoms with E-state index in [1.807, 2.05) is 23.1 Å². The van der Waals surface area contributed by atoms with Crippen LogP contribution < -0.4 is 10.2 Å². The molecule has 0 bridgehead atoms. The van der Waals surface area contributed by atoms with Gasteiger partial charge < -0.3 is 19.9 Å². The second-order valence-corrected chi connectivity index (χ2v) is 5.69. The molecular formula is C17H22N6O2. The van der Waals surface area contributed by atoms with Gasteiger partial charge in [0.1, 0.15) is 11.6 Å². The number of amides is 1. The van der Waals surface area contributed by atoms with Crippen molar-refractivity contribution in [2.75, 3.05) is 56.7 Å². The fourth-order valence-electron chi connectivity index (χ4n) is 2.66. The minimum atomic E-state index is -0.0865. The van der Waals surface area contributed by atoms with E-state index in [0.29, 0.717) is 37.8 Å². The molecule has 0 atom stereocenters. The minimum Gasteiger partial charge on any atom is -0.383 e. The molecule has 3 heterocycles. The first-order chi connectivity index (χ1) is 12.3. The van der Waals surface area contributed by atoms with E-state index in [1.54, 1.807) is 25.4 Å². The number of ether oxygens (including phenoxy) is 1. The van der Waals surface area contributed by atoms with E-state index < -0.39 is 0 Å². The van der Waals surface area contributed by atoms with Crippen molar-refractivity contribution in [3.05, 3.63) is 42.2 Å². The number of nitrogens with one attached hydrogen (secondary N) is 1. The number of rotatable bonds is 6. The van der Waals surface area contributed by atoms with Crippen LogP contribution in [0.2, 0.25) is 0 Å². The number of anilines is 2. The van der Waals surface area contributed by atoms with E-state index >= 15 is 0 Å². The van der Waals surface area contributed by atoms with Crippen LogP contribution in [0.4, 0.5) is 11.6 Å². The number of carbonyl (C=O) groups excluding carboxylic acids is 1. The van der Waals surface area contributed by atoms with Gasteiger partial charge in [0.25, 0.3) is 5.91 Å². The molecule has 3 rings (SSSR count). The third-order valence-electron chi connectivity index (χ3n) is 4.04. The smallest absolute Gasteiger partial charge is 0.274 e. The van der Waals surface area contributed by atoms with Crippen molar-refractivity contribution in [1.82, 2.24) is 20.1 Å². The van der Waals surface area contributed by atoms with Crippen LogP contribution in [0.25, 0.3) is 0 Å². The summed E-state index contributed by atoms with van der Waals surface area (Å²) >= 11 is 0. The molecule has 1 fully saturated rings. The summed E-state index contributed by atoms with van der Waals surface area (Å²) < 4.78 is 4.97. The van der Waals surface area contributed by atoms with Crippen LogP contribution in [0.3, 0.4) is 0 Å². The van der Waals surface area contributed by atoms with Gasteiger partial charge in [-0.15, -0.1) is 10.2 Å². The first-order valence-electron chi connectivity index (χ1n) is 8.30. The maximum absolute atomic E-state index is 12.6. The van der Waals surface area contributed by atoms with E-state index in [1.165, 1.54) is 0 Å². The van der Waals surface area contributed by atoms with Crippen LogP contribution >= 0.6 is 0 Å². The number of methoxy groups -OCH3 is 1. The Morgan fingerprint density at radius 1 is 1.16 bits per heavy atom. The molecule has 0 radical (unpaired) electrons. The van der Waals surface area contributed by atoms with E-state index in [9.17, 15) is 4.79 Å². The third-order valence-corrected chi connectivity index (χ3v) is 4.04. The average Bonchev–Trinajstić information content (AvgIpc) is 2.69. The molecule has 2 aromatic heterocycles. The maximum atomic E-state index is 12.6. The lowest BCUT2D eigenvalue weighted by Crippen LogP contribution is -2.49. The number of hydrogen-bond acceptors (Lipinski definition) is 7. The van der Waals surface area contributed by atoms with Gasteiger partial charge in [0.05, 0.1) is 6.61 Å². The highest BCUT2D eigenvalue weighted by Gasteiger charge is 2.23. The van der Waals surface area contributed by atoms with Crippen LogP contribution in [0.5, 0.6) is 0 Å². The number of piperazine rings is 1. The summed E-state index contributed by atoms with van der Waals surface area (Å²) in [6, 6.07) is 9.32. The lowest BCUT2D eigenvalue weighted by molar-refractivity contribution is 0.0739.